The van der Waals surface area contributed by atoms with E-state index in [0.29, 0.717) is 18.0 Å². The number of hydrogen-bond acceptors (Lipinski definition) is 7. The van der Waals surface area contributed by atoms with E-state index < -0.39 is 30.3 Å². The molecule has 0 N–H and O–H groups in total. The van der Waals surface area contributed by atoms with Gasteiger partial charge in [0.2, 0.25) is 0 Å². The molecule has 0 saturated carbocycles. The summed E-state index contributed by atoms with van der Waals surface area (Å²) in [6.45, 7) is 2.89. The zero-order chi connectivity index (χ0) is 22.4. The second-order valence-corrected chi connectivity index (χ2v) is 11.8. The fourth-order valence-corrected chi connectivity index (χ4v) is 5.87. The average Bonchev–Trinajstić information content (AvgIpc) is 2.75. The highest BCUT2D eigenvalue weighted by molar-refractivity contribution is 7.86. The molecule has 0 aliphatic carbocycles. The SMILES string of the molecule is CO[Si](CCc1ccc(S(=O)(=O)OC(C)(C)C(=O)c2ccccc2)cc1)(OC)OC. The van der Waals surface area contributed by atoms with Crippen LogP contribution in [0.1, 0.15) is 29.8 Å². The molecule has 0 unspecified atom stereocenters. The van der Waals surface area contributed by atoms with Crippen LogP contribution in [0.5, 0.6) is 0 Å². The number of carbonyl (C=O) groups is 1. The maximum absolute atomic E-state index is 12.7. The zero-order valence-corrected chi connectivity index (χ0v) is 19.7. The van der Waals surface area contributed by atoms with Crippen LogP contribution in [-0.4, -0.2) is 49.9 Å². The molecule has 0 aromatic heterocycles. The van der Waals surface area contributed by atoms with Crippen LogP contribution in [-0.2, 0) is 34.0 Å². The molecule has 2 aromatic rings. The van der Waals surface area contributed by atoms with Crippen molar-refractivity contribution in [3.63, 3.8) is 0 Å². The monoisotopic (exact) mass is 452 g/mol. The van der Waals surface area contributed by atoms with Gasteiger partial charge in [-0.25, -0.2) is 0 Å². The van der Waals surface area contributed by atoms with E-state index in [1.54, 1.807) is 63.8 Å². The van der Waals surface area contributed by atoms with E-state index in [1.165, 1.54) is 26.0 Å². The Morgan fingerprint density at radius 1 is 0.900 bits per heavy atom. The lowest BCUT2D eigenvalue weighted by Gasteiger charge is -2.24. The number of carbonyl (C=O) groups excluding carboxylic acids is 1. The van der Waals surface area contributed by atoms with Crippen LogP contribution in [0, 0.1) is 0 Å². The largest absolute Gasteiger partial charge is 0.500 e. The fourth-order valence-electron chi connectivity index (χ4n) is 2.97. The van der Waals surface area contributed by atoms with Gasteiger partial charge in [0.1, 0.15) is 5.60 Å². The molecule has 0 aliphatic heterocycles. The standard InChI is InChI=1S/C21H28O7SSi/c1-21(2,20(22)18-9-7-6-8-10-18)28-29(23,24)19-13-11-17(12-14-19)15-16-30(25-3,26-4)27-5/h6-14H,15-16H2,1-5H3. The van der Waals surface area contributed by atoms with Crippen LogP contribution in [0.2, 0.25) is 6.04 Å². The molecule has 2 rings (SSSR count). The molecule has 0 fully saturated rings. The molecular formula is C21H28O7SSi. The van der Waals surface area contributed by atoms with Gasteiger partial charge in [0, 0.05) is 32.9 Å². The van der Waals surface area contributed by atoms with Crippen LogP contribution in [0.4, 0.5) is 0 Å². The van der Waals surface area contributed by atoms with E-state index in [4.69, 9.17) is 17.5 Å². The van der Waals surface area contributed by atoms with E-state index in [-0.39, 0.29) is 4.90 Å². The van der Waals surface area contributed by atoms with Gasteiger partial charge in [0.15, 0.2) is 5.78 Å². The topological polar surface area (TPSA) is 88.1 Å². The maximum atomic E-state index is 12.7. The molecule has 0 radical (unpaired) electrons. The van der Waals surface area contributed by atoms with E-state index in [0.717, 1.165) is 5.56 Å². The zero-order valence-electron chi connectivity index (χ0n) is 17.9. The number of rotatable bonds is 11. The molecular weight excluding hydrogens is 424 g/mol. The normalized spacial score (nSPS) is 12.7. The highest BCUT2D eigenvalue weighted by Gasteiger charge is 2.37. The van der Waals surface area contributed by atoms with Crippen molar-refractivity contribution in [3.05, 3.63) is 65.7 Å². The number of hydrogen-bond donors (Lipinski definition) is 0. The Morgan fingerprint density at radius 2 is 1.43 bits per heavy atom. The Bertz CT molecular complexity index is 929. The number of ketones is 1. The van der Waals surface area contributed by atoms with Crippen LogP contribution < -0.4 is 0 Å². The van der Waals surface area contributed by atoms with Crippen molar-refractivity contribution < 1.29 is 30.7 Å². The molecule has 9 heteroatoms. The molecule has 0 bridgehead atoms. The van der Waals surface area contributed by atoms with Gasteiger partial charge in [-0.1, -0.05) is 42.5 Å². The molecule has 30 heavy (non-hydrogen) atoms. The van der Waals surface area contributed by atoms with Crippen molar-refractivity contribution >= 4 is 24.7 Å². The van der Waals surface area contributed by atoms with Crippen molar-refractivity contribution in [2.24, 2.45) is 0 Å². The molecule has 0 saturated heterocycles. The van der Waals surface area contributed by atoms with Crippen LogP contribution in [0.25, 0.3) is 0 Å². The quantitative estimate of drug-likeness (QED) is 0.293. The van der Waals surface area contributed by atoms with Crippen LogP contribution >= 0.6 is 0 Å². The average molecular weight is 453 g/mol. The van der Waals surface area contributed by atoms with Gasteiger partial charge >= 0.3 is 8.80 Å². The predicted molar refractivity (Wildman–Crippen MR) is 115 cm³/mol. The second kappa shape index (κ2) is 9.95. The van der Waals surface area contributed by atoms with Crippen molar-refractivity contribution in [2.75, 3.05) is 21.3 Å². The van der Waals surface area contributed by atoms with Crippen molar-refractivity contribution in [1.82, 2.24) is 0 Å². The van der Waals surface area contributed by atoms with Gasteiger partial charge in [-0.2, -0.15) is 8.42 Å². The summed E-state index contributed by atoms with van der Waals surface area (Å²) in [5, 5.41) is 0. The molecule has 0 atom stereocenters. The van der Waals surface area contributed by atoms with Crippen molar-refractivity contribution in [1.29, 1.82) is 0 Å². The predicted octanol–water partition coefficient (Wildman–Crippen LogP) is 3.47. The molecule has 2 aromatic carbocycles. The Labute approximate surface area is 179 Å². The van der Waals surface area contributed by atoms with E-state index in [1.807, 2.05) is 0 Å². The van der Waals surface area contributed by atoms with Crippen LogP contribution in [0.15, 0.2) is 59.5 Å². The number of Topliss-reactive ketones (excluding diaryl/α,β-unsaturated/α-hetero) is 1. The van der Waals surface area contributed by atoms with Gasteiger partial charge in [-0.3, -0.25) is 8.98 Å². The van der Waals surface area contributed by atoms with Gasteiger partial charge in [-0.15, -0.1) is 0 Å². The van der Waals surface area contributed by atoms with E-state index in [2.05, 4.69) is 0 Å². The number of benzene rings is 2. The summed E-state index contributed by atoms with van der Waals surface area (Å²) in [6, 6.07) is 15.3. The summed E-state index contributed by atoms with van der Waals surface area (Å²) in [6.07, 6.45) is 0.598. The minimum absolute atomic E-state index is 0.0195. The third-order valence-electron chi connectivity index (χ3n) is 4.77. The first kappa shape index (κ1) is 24.4. The summed E-state index contributed by atoms with van der Waals surface area (Å²) in [5.41, 5.74) is -0.258. The summed E-state index contributed by atoms with van der Waals surface area (Å²) < 4.78 is 46.9. The fraction of sp³-hybridized carbons (Fsp3) is 0.381. The first-order chi connectivity index (χ1) is 14.1. The first-order valence-electron chi connectivity index (χ1n) is 9.39. The van der Waals surface area contributed by atoms with Gasteiger partial charge in [-0.05, 0) is 38.0 Å². The van der Waals surface area contributed by atoms with E-state index in [9.17, 15) is 13.2 Å². The summed E-state index contributed by atoms with van der Waals surface area (Å²) >= 11 is 0. The lowest BCUT2D eigenvalue weighted by atomic mass is 9.97. The third kappa shape index (κ3) is 5.84. The van der Waals surface area contributed by atoms with Gasteiger partial charge in [0.05, 0.1) is 4.90 Å². The Morgan fingerprint density at radius 3 is 1.93 bits per heavy atom. The summed E-state index contributed by atoms with van der Waals surface area (Å²) in [7, 11) is -2.20. The van der Waals surface area contributed by atoms with Crippen molar-refractivity contribution in [3.8, 4) is 0 Å². The smallest absolute Gasteiger partial charge is 0.377 e. The highest BCUT2D eigenvalue weighted by Crippen LogP contribution is 2.25. The summed E-state index contributed by atoms with van der Waals surface area (Å²) in [4.78, 5) is 12.7. The minimum Gasteiger partial charge on any atom is -0.377 e. The lowest BCUT2D eigenvalue weighted by Crippen LogP contribution is -2.43. The first-order valence-corrected chi connectivity index (χ1v) is 12.7. The Hall–Kier alpha value is -1.88. The molecule has 0 amide bonds. The van der Waals surface area contributed by atoms with E-state index >= 15 is 0 Å². The molecule has 164 valence electrons. The number of aryl methyl sites for hydroxylation is 1. The lowest BCUT2D eigenvalue weighted by molar-refractivity contribution is 0.0605. The Kier molecular flexibility index (Phi) is 8.09. The van der Waals surface area contributed by atoms with Crippen LogP contribution in [0.3, 0.4) is 0 Å². The molecule has 0 spiro atoms. The maximum Gasteiger partial charge on any atom is 0.500 e. The second-order valence-electron chi connectivity index (χ2n) is 7.18. The third-order valence-corrected chi connectivity index (χ3v) is 8.98. The van der Waals surface area contributed by atoms with Gasteiger partial charge in [0.25, 0.3) is 10.1 Å². The molecule has 0 heterocycles. The minimum atomic E-state index is -4.13. The highest BCUT2D eigenvalue weighted by atomic mass is 32.2. The summed E-state index contributed by atoms with van der Waals surface area (Å²) in [5.74, 6) is -0.414. The molecule has 0 aliphatic rings. The molecule has 7 nitrogen and oxygen atoms in total. The van der Waals surface area contributed by atoms with Gasteiger partial charge < -0.3 is 13.3 Å². The van der Waals surface area contributed by atoms with Crippen molar-refractivity contribution in [2.45, 2.75) is 36.8 Å². The Balaban J connectivity index is 2.12.